The molecule has 0 fully saturated rings. The third-order valence-corrected chi connectivity index (χ3v) is 6.88. The summed E-state index contributed by atoms with van der Waals surface area (Å²) >= 11 is 0. The molecule has 3 rings (SSSR count). The maximum Gasteiger partial charge on any atom is 0.246 e. The number of hydrogen-bond donors (Lipinski definition) is 2. The van der Waals surface area contributed by atoms with E-state index in [9.17, 15) is 14.4 Å². The van der Waals surface area contributed by atoms with Crippen molar-refractivity contribution >= 4 is 28.5 Å². The Balaban J connectivity index is 1.89. The summed E-state index contributed by atoms with van der Waals surface area (Å²) in [7, 11) is 4.82. The van der Waals surface area contributed by atoms with E-state index >= 15 is 0 Å². The first kappa shape index (κ1) is 29.6. The van der Waals surface area contributed by atoms with Gasteiger partial charge in [0.2, 0.25) is 17.7 Å². The van der Waals surface area contributed by atoms with Gasteiger partial charge >= 0.3 is 0 Å². The highest BCUT2D eigenvalue weighted by Crippen LogP contribution is 2.20. The Morgan fingerprint density at radius 1 is 0.846 bits per heavy atom. The number of hydrogen-bond acceptors (Lipinski definition) is 4. The summed E-state index contributed by atoms with van der Waals surface area (Å²) in [4.78, 5) is 43.1. The van der Waals surface area contributed by atoms with Crippen LogP contribution in [0.2, 0.25) is 0 Å². The van der Waals surface area contributed by atoms with Gasteiger partial charge in [0.1, 0.15) is 12.1 Å². The Hall–Kier alpha value is -3.97. The fourth-order valence-corrected chi connectivity index (χ4v) is 4.51. The van der Waals surface area contributed by atoms with Crippen LogP contribution in [0.5, 0.6) is 0 Å². The van der Waals surface area contributed by atoms with Gasteiger partial charge in [-0.3, -0.25) is 14.4 Å². The first-order chi connectivity index (χ1) is 18.5. The molecule has 0 radical (unpaired) electrons. The van der Waals surface area contributed by atoms with Gasteiger partial charge in [0.25, 0.3) is 0 Å². The number of rotatable bonds is 11. The van der Waals surface area contributed by atoms with Crippen LogP contribution in [-0.2, 0) is 27.2 Å². The van der Waals surface area contributed by atoms with Gasteiger partial charge in [-0.2, -0.15) is 0 Å². The van der Waals surface area contributed by atoms with E-state index in [1.54, 1.807) is 27.2 Å². The van der Waals surface area contributed by atoms with Crippen LogP contribution in [0.15, 0.2) is 84.9 Å². The third kappa shape index (κ3) is 8.26. The predicted octanol–water partition coefficient (Wildman–Crippen LogP) is 3.71. The molecule has 0 aliphatic rings. The van der Waals surface area contributed by atoms with Crippen molar-refractivity contribution in [2.24, 2.45) is 5.73 Å². The molecule has 0 aliphatic heterocycles. The lowest BCUT2D eigenvalue weighted by Crippen LogP contribution is -2.55. The number of fused-ring (bicyclic) bond motifs is 1. The van der Waals surface area contributed by atoms with Gasteiger partial charge in [-0.1, -0.05) is 78.9 Å². The number of nitrogens with zero attached hydrogens (tertiary/aromatic N) is 2. The molecule has 39 heavy (non-hydrogen) atoms. The fourth-order valence-electron chi connectivity index (χ4n) is 4.51. The second-order valence-electron chi connectivity index (χ2n) is 10.7. The molecule has 0 unspecified atom stereocenters. The fraction of sp³-hybridized carbons (Fsp3) is 0.344. The van der Waals surface area contributed by atoms with E-state index in [2.05, 4.69) is 5.32 Å². The second kappa shape index (κ2) is 13.2. The normalized spacial score (nSPS) is 13.2. The molecule has 3 amide bonds. The van der Waals surface area contributed by atoms with Crippen LogP contribution >= 0.6 is 0 Å². The van der Waals surface area contributed by atoms with Crippen molar-refractivity contribution in [1.82, 2.24) is 15.1 Å². The predicted molar refractivity (Wildman–Crippen MR) is 157 cm³/mol. The quantitative estimate of drug-likeness (QED) is 0.371. The number of benzene rings is 3. The lowest BCUT2D eigenvalue weighted by Gasteiger charge is -2.34. The first-order valence-electron chi connectivity index (χ1n) is 13.2. The van der Waals surface area contributed by atoms with E-state index in [1.807, 2.05) is 86.6 Å². The van der Waals surface area contributed by atoms with Gasteiger partial charge in [-0.15, -0.1) is 0 Å². The minimum atomic E-state index is -0.802. The van der Waals surface area contributed by atoms with Crippen molar-refractivity contribution in [2.75, 3.05) is 21.1 Å². The Kier molecular flexibility index (Phi) is 10.0. The Morgan fingerprint density at radius 3 is 2.10 bits per heavy atom. The van der Waals surface area contributed by atoms with Gasteiger partial charge < -0.3 is 20.9 Å². The summed E-state index contributed by atoms with van der Waals surface area (Å²) in [6, 6.07) is 22.1. The number of carbonyl (C=O) groups excluding carboxylic acids is 3. The summed E-state index contributed by atoms with van der Waals surface area (Å²) < 4.78 is 0. The molecule has 0 aliphatic carbocycles. The summed E-state index contributed by atoms with van der Waals surface area (Å²) in [6.07, 6.45) is 4.38. The van der Waals surface area contributed by atoms with Crippen molar-refractivity contribution < 1.29 is 14.4 Å². The smallest absolute Gasteiger partial charge is 0.246 e. The van der Waals surface area contributed by atoms with E-state index in [4.69, 9.17) is 5.73 Å². The van der Waals surface area contributed by atoms with Crippen molar-refractivity contribution in [2.45, 2.75) is 50.7 Å². The molecule has 0 aromatic heterocycles. The van der Waals surface area contributed by atoms with Gasteiger partial charge in [-0.25, -0.2) is 0 Å². The second-order valence-corrected chi connectivity index (χ2v) is 10.7. The average Bonchev–Trinajstić information content (AvgIpc) is 2.92. The molecular formula is C32H40N4O3. The molecule has 3 aromatic rings. The van der Waals surface area contributed by atoms with Gasteiger partial charge in [-0.05, 0) is 48.2 Å². The van der Waals surface area contributed by atoms with Gasteiger partial charge in [0.05, 0.1) is 0 Å². The van der Waals surface area contributed by atoms with E-state index in [0.29, 0.717) is 19.3 Å². The van der Waals surface area contributed by atoms with Crippen LogP contribution in [-0.4, -0.2) is 66.3 Å². The molecule has 3 aromatic carbocycles. The number of likely N-dealkylation sites (N-methyl/N-ethyl adjacent to an activating group) is 3. The maximum absolute atomic E-state index is 14.0. The SMILES string of the molecule is CNC(=O)[C@@H](Cc1ccc2ccccc2c1)N(C)C(=O)[C@@H](Cc1ccccc1)N(C)C(=O)/C=C/CC(C)(C)N. The zero-order valence-electron chi connectivity index (χ0n) is 23.6. The standard InChI is InChI=1S/C32H40N4O3/c1-32(2,33)19-11-16-29(37)35(4)28(21-23-12-7-6-8-13-23)31(39)36(5)27(30(38)34-3)22-24-17-18-25-14-9-10-15-26(25)20-24/h6-18,20,27-28H,19,21-22,33H2,1-5H3,(H,34,38)/b16-11+/t27-,28-/m1/s1. The highest BCUT2D eigenvalue weighted by Gasteiger charge is 2.34. The summed E-state index contributed by atoms with van der Waals surface area (Å²) in [5, 5.41) is 4.88. The highest BCUT2D eigenvalue weighted by atomic mass is 16.2. The lowest BCUT2D eigenvalue weighted by molar-refractivity contribution is -0.146. The van der Waals surface area contributed by atoms with Crippen molar-refractivity contribution in [3.63, 3.8) is 0 Å². The van der Waals surface area contributed by atoms with E-state index in [-0.39, 0.29) is 17.7 Å². The zero-order chi connectivity index (χ0) is 28.6. The molecule has 3 N–H and O–H groups in total. The van der Waals surface area contributed by atoms with E-state index in [0.717, 1.165) is 21.9 Å². The van der Waals surface area contributed by atoms with Gasteiger partial charge in [0.15, 0.2) is 0 Å². The molecule has 0 saturated carbocycles. The number of carbonyl (C=O) groups is 3. The zero-order valence-corrected chi connectivity index (χ0v) is 23.6. The van der Waals surface area contributed by atoms with Crippen molar-refractivity contribution in [3.05, 3.63) is 96.1 Å². The number of amides is 3. The van der Waals surface area contributed by atoms with Gasteiger partial charge in [0, 0.05) is 39.5 Å². The molecular weight excluding hydrogens is 488 g/mol. The van der Waals surface area contributed by atoms with Crippen molar-refractivity contribution in [3.8, 4) is 0 Å². The van der Waals surface area contributed by atoms with Crippen LogP contribution in [0, 0.1) is 0 Å². The Labute approximate surface area is 231 Å². The summed E-state index contributed by atoms with van der Waals surface area (Å²) in [5.74, 6) is -0.874. The van der Waals surface area contributed by atoms with Crippen LogP contribution in [0.1, 0.15) is 31.4 Å². The topological polar surface area (TPSA) is 95.7 Å². The molecule has 7 heteroatoms. The van der Waals surface area contributed by atoms with Crippen LogP contribution in [0.4, 0.5) is 0 Å². The Morgan fingerprint density at radius 2 is 1.46 bits per heavy atom. The molecule has 0 bridgehead atoms. The molecule has 0 saturated heterocycles. The number of nitrogens with two attached hydrogens (primary N) is 1. The average molecular weight is 529 g/mol. The maximum atomic E-state index is 14.0. The van der Waals surface area contributed by atoms with Crippen LogP contribution in [0.25, 0.3) is 10.8 Å². The lowest BCUT2D eigenvalue weighted by atomic mass is 9.98. The summed E-state index contributed by atoms with van der Waals surface area (Å²) in [5.41, 5.74) is 7.46. The molecule has 2 atom stereocenters. The van der Waals surface area contributed by atoms with Crippen LogP contribution in [0.3, 0.4) is 0 Å². The number of nitrogens with one attached hydrogen (secondary N) is 1. The van der Waals surface area contributed by atoms with E-state index < -0.39 is 17.6 Å². The van der Waals surface area contributed by atoms with Crippen LogP contribution < -0.4 is 11.1 Å². The molecule has 7 nitrogen and oxygen atoms in total. The molecule has 0 spiro atoms. The Bertz CT molecular complexity index is 1310. The van der Waals surface area contributed by atoms with E-state index in [1.165, 1.54) is 15.9 Å². The highest BCUT2D eigenvalue weighted by molar-refractivity contribution is 5.95. The summed E-state index contributed by atoms with van der Waals surface area (Å²) in [6.45, 7) is 3.77. The largest absolute Gasteiger partial charge is 0.357 e. The third-order valence-electron chi connectivity index (χ3n) is 6.88. The minimum absolute atomic E-state index is 0.267. The minimum Gasteiger partial charge on any atom is -0.357 e. The first-order valence-corrected chi connectivity index (χ1v) is 13.2. The monoisotopic (exact) mass is 528 g/mol. The molecule has 206 valence electrons. The van der Waals surface area contributed by atoms with Crippen molar-refractivity contribution in [1.29, 1.82) is 0 Å². The molecule has 0 heterocycles.